The van der Waals surface area contributed by atoms with Gasteiger partial charge in [0, 0.05) is 0 Å². The first-order valence-electron chi connectivity index (χ1n) is 7.98. The summed E-state index contributed by atoms with van der Waals surface area (Å²) >= 11 is 0. The lowest BCUT2D eigenvalue weighted by Crippen LogP contribution is -2.41. The highest BCUT2D eigenvalue weighted by Crippen LogP contribution is 2.36. The fraction of sp³-hybridized carbons (Fsp3) is 0.500. The summed E-state index contributed by atoms with van der Waals surface area (Å²) in [5.74, 6) is -0.897. The predicted molar refractivity (Wildman–Crippen MR) is 73.5 cm³/mol. The Bertz CT molecular complexity index is 659. The summed E-state index contributed by atoms with van der Waals surface area (Å²) in [6.45, 7) is 7.29. The quantitative estimate of drug-likeness (QED) is 0.604. The molecule has 0 aliphatic carbocycles. The highest BCUT2D eigenvalue weighted by atomic mass is 16.7. The largest absolute Gasteiger partial charge is 0.494 e. The van der Waals surface area contributed by atoms with Crippen molar-refractivity contribution >= 4 is 18.6 Å². The van der Waals surface area contributed by atoms with E-state index in [1.165, 1.54) is 0 Å². The van der Waals surface area contributed by atoms with E-state index in [1.54, 1.807) is 0 Å². The van der Waals surface area contributed by atoms with E-state index in [0.717, 1.165) is 7.11 Å². The second-order valence-electron chi connectivity index (χ2n) is 5.37. The Labute approximate surface area is 119 Å². The molecule has 1 aliphatic rings. The van der Waals surface area contributed by atoms with E-state index >= 15 is 0 Å². The molecule has 1 aromatic rings. The van der Waals surface area contributed by atoms with E-state index in [9.17, 15) is 4.79 Å². The SMILES string of the molecule is [2H]c1c([2H])c(B2OC(C)(C)C(C)(C)O2)c([2H])c(C(=O)OC)c1[2H]. The summed E-state index contributed by atoms with van der Waals surface area (Å²) < 4.78 is 48.2. The number of benzene rings is 1. The van der Waals surface area contributed by atoms with E-state index in [2.05, 4.69) is 4.74 Å². The summed E-state index contributed by atoms with van der Waals surface area (Å²) in [6.07, 6.45) is 0. The normalized spacial score (nSPS) is 23.3. The lowest BCUT2D eigenvalue weighted by Gasteiger charge is -2.32. The Morgan fingerprint density at radius 1 is 1.26 bits per heavy atom. The number of rotatable bonds is 2. The number of ether oxygens (including phenoxy) is 1. The van der Waals surface area contributed by atoms with Gasteiger partial charge in [-0.05, 0) is 45.2 Å². The standard InChI is InChI=1S/C14H19BO4/c1-13(2)14(3,4)19-15(18-13)11-8-6-7-10(9-11)12(16)17-5/h6-9H,1-5H3/i6D,7D,8D,9D. The summed E-state index contributed by atoms with van der Waals surface area (Å²) in [5, 5.41) is 0. The highest BCUT2D eigenvalue weighted by Gasteiger charge is 2.51. The molecule has 0 saturated carbocycles. The third-order valence-corrected chi connectivity index (χ3v) is 3.52. The van der Waals surface area contributed by atoms with Crippen LogP contribution in [0.15, 0.2) is 24.2 Å². The first-order valence-corrected chi connectivity index (χ1v) is 5.98. The highest BCUT2D eigenvalue weighted by molar-refractivity contribution is 6.62. The molecule has 0 aromatic heterocycles. The predicted octanol–water partition coefficient (Wildman–Crippen LogP) is 1.77. The lowest BCUT2D eigenvalue weighted by atomic mass is 9.78. The Hall–Kier alpha value is -1.33. The molecule has 1 fully saturated rings. The molecule has 102 valence electrons. The van der Waals surface area contributed by atoms with Crippen LogP contribution < -0.4 is 5.46 Å². The van der Waals surface area contributed by atoms with E-state index in [0.29, 0.717) is 0 Å². The average Bonchev–Trinajstić information content (AvgIpc) is 2.64. The first-order chi connectivity index (χ1) is 10.4. The van der Waals surface area contributed by atoms with Crippen molar-refractivity contribution in [2.75, 3.05) is 7.11 Å². The smallest absolute Gasteiger partial charge is 0.465 e. The summed E-state index contributed by atoms with van der Waals surface area (Å²) in [5.41, 5.74) is -1.78. The molecule has 0 spiro atoms. The van der Waals surface area contributed by atoms with Crippen molar-refractivity contribution in [3.05, 3.63) is 29.7 Å². The maximum atomic E-state index is 11.9. The number of hydrogen-bond acceptors (Lipinski definition) is 4. The van der Waals surface area contributed by atoms with Crippen LogP contribution >= 0.6 is 0 Å². The number of methoxy groups -OCH3 is 1. The Morgan fingerprint density at radius 3 is 2.37 bits per heavy atom. The zero-order chi connectivity index (χ0) is 17.7. The second kappa shape index (κ2) is 4.65. The Balaban J connectivity index is 2.65. The minimum absolute atomic E-state index is 0.0370. The van der Waals surface area contributed by atoms with Gasteiger partial charge in [-0.1, -0.05) is 12.1 Å². The molecular formula is C14H19BO4. The molecule has 5 heteroatoms. The third kappa shape index (κ3) is 2.53. The van der Waals surface area contributed by atoms with E-state index < -0.39 is 36.4 Å². The van der Waals surface area contributed by atoms with Gasteiger partial charge in [-0.25, -0.2) is 4.79 Å². The Morgan fingerprint density at radius 2 is 1.84 bits per heavy atom. The van der Waals surface area contributed by atoms with Crippen LogP contribution in [0.1, 0.15) is 43.5 Å². The molecule has 1 saturated heterocycles. The van der Waals surface area contributed by atoms with Crippen LogP contribution in [0, 0.1) is 0 Å². The van der Waals surface area contributed by atoms with Gasteiger partial charge in [-0.3, -0.25) is 0 Å². The van der Waals surface area contributed by atoms with Crippen LogP contribution in [0.25, 0.3) is 0 Å². The fourth-order valence-corrected chi connectivity index (χ4v) is 1.64. The minimum Gasteiger partial charge on any atom is -0.465 e. The molecule has 2 rings (SSSR count). The molecular weight excluding hydrogens is 243 g/mol. The number of carbonyl (C=O) groups is 1. The van der Waals surface area contributed by atoms with E-state index in [-0.39, 0.29) is 23.1 Å². The van der Waals surface area contributed by atoms with Gasteiger partial charge in [0.25, 0.3) is 0 Å². The van der Waals surface area contributed by atoms with E-state index in [1.807, 2.05) is 27.7 Å². The molecule has 0 unspecified atom stereocenters. The van der Waals surface area contributed by atoms with Gasteiger partial charge in [-0.2, -0.15) is 0 Å². The summed E-state index contributed by atoms with van der Waals surface area (Å²) in [7, 11) is 0.0709. The molecule has 0 N–H and O–H groups in total. The molecule has 1 aliphatic heterocycles. The van der Waals surface area contributed by atoms with Gasteiger partial charge in [-0.15, -0.1) is 0 Å². The van der Waals surface area contributed by atoms with Gasteiger partial charge in [0.2, 0.25) is 0 Å². The van der Waals surface area contributed by atoms with Gasteiger partial charge in [0.1, 0.15) is 0 Å². The van der Waals surface area contributed by atoms with E-state index in [4.69, 9.17) is 14.8 Å². The molecule has 1 heterocycles. The van der Waals surface area contributed by atoms with Crippen LogP contribution in [-0.2, 0) is 14.0 Å². The second-order valence-corrected chi connectivity index (χ2v) is 5.37. The lowest BCUT2D eigenvalue weighted by molar-refractivity contribution is 0.00578. The van der Waals surface area contributed by atoms with Gasteiger partial charge < -0.3 is 14.0 Å². The molecule has 0 amide bonds. The number of hydrogen-bond donors (Lipinski definition) is 0. The molecule has 0 atom stereocenters. The number of esters is 1. The van der Waals surface area contributed by atoms with Crippen molar-refractivity contribution in [2.24, 2.45) is 0 Å². The van der Waals surface area contributed by atoms with Crippen molar-refractivity contribution in [1.82, 2.24) is 0 Å². The Kier molecular flexibility index (Phi) is 2.34. The van der Waals surface area contributed by atoms with Crippen molar-refractivity contribution < 1.29 is 24.3 Å². The van der Waals surface area contributed by atoms with Crippen molar-refractivity contribution in [2.45, 2.75) is 38.9 Å². The summed E-state index contributed by atoms with van der Waals surface area (Å²) in [4.78, 5) is 11.9. The summed E-state index contributed by atoms with van der Waals surface area (Å²) in [6, 6.07) is -1.70. The monoisotopic (exact) mass is 266 g/mol. The average molecular weight is 266 g/mol. The van der Waals surface area contributed by atoms with Crippen molar-refractivity contribution in [1.29, 1.82) is 0 Å². The number of carbonyl (C=O) groups excluding carboxylic acids is 1. The maximum absolute atomic E-state index is 11.9. The topological polar surface area (TPSA) is 44.8 Å². The van der Waals surface area contributed by atoms with Gasteiger partial charge in [0.05, 0.1) is 29.4 Å². The van der Waals surface area contributed by atoms with Crippen LogP contribution in [-0.4, -0.2) is 31.4 Å². The fourth-order valence-electron chi connectivity index (χ4n) is 1.64. The van der Waals surface area contributed by atoms with Crippen LogP contribution in [0.5, 0.6) is 0 Å². The molecule has 4 nitrogen and oxygen atoms in total. The molecule has 19 heavy (non-hydrogen) atoms. The molecule has 0 bridgehead atoms. The van der Waals surface area contributed by atoms with Crippen LogP contribution in [0.3, 0.4) is 0 Å². The minimum atomic E-state index is -1.06. The molecule has 0 radical (unpaired) electrons. The zero-order valence-corrected chi connectivity index (χ0v) is 11.7. The first kappa shape index (κ1) is 9.56. The van der Waals surface area contributed by atoms with Gasteiger partial charge in [0.15, 0.2) is 0 Å². The van der Waals surface area contributed by atoms with Gasteiger partial charge >= 0.3 is 13.1 Å². The third-order valence-electron chi connectivity index (χ3n) is 3.52. The van der Waals surface area contributed by atoms with Crippen molar-refractivity contribution in [3.63, 3.8) is 0 Å². The molecule has 1 aromatic carbocycles. The zero-order valence-electron chi connectivity index (χ0n) is 15.7. The van der Waals surface area contributed by atoms with Crippen LogP contribution in [0.2, 0.25) is 0 Å². The maximum Gasteiger partial charge on any atom is 0.494 e. The van der Waals surface area contributed by atoms with Crippen molar-refractivity contribution in [3.8, 4) is 0 Å². The van der Waals surface area contributed by atoms with Crippen LogP contribution in [0.4, 0.5) is 0 Å².